The number of likely N-dealkylation sites (tertiary alicyclic amines) is 1. The number of nitrogens with one attached hydrogen (secondary N) is 1. The summed E-state index contributed by atoms with van der Waals surface area (Å²) in [5.74, 6) is -1.37. The molecule has 2 aromatic rings. The number of benzene rings is 2. The average molecular weight is 438 g/mol. The largest absolute Gasteiger partial charge is 0.444 e. The van der Waals surface area contributed by atoms with E-state index in [1.165, 1.54) is 4.90 Å². The molecule has 2 aromatic carbocycles. The molecule has 1 aliphatic rings. The number of carbonyl (C=O) groups is 3. The first-order valence-corrected chi connectivity index (χ1v) is 10.9. The molecule has 7 heteroatoms. The lowest BCUT2D eigenvalue weighted by Crippen LogP contribution is -2.55. The van der Waals surface area contributed by atoms with E-state index in [0.717, 1.165) is 11.1 Å². The Balaban J connectivity index is 2.05. The lowest BCUT2D eigenvalue weighted by molar-refractivity contribution is -0.139. The third-order valence-corrected chi connectivity index (χ3v) is 5.45. The van der Waals surface area contributed by atoms with E-state index in [-0.39, 0.29) is 5.91 Å². The summed E-state index contributed by atoms with van der Waals surface area (Å²) < 4.78 is 5.46. The van der Waals surface area contributed by atoms with Gasteiger partial charge in [-0.1, -0.05) is 60.7 Å². The molecule has 32 heavy (non-hydrogen) atoms. The molecular weight excluding hydrogens is 406 g/mol. The van der Waals surface area contributed by atoms with Crippen LogP contribution in [0.25, 0.3) is 0 Å². The zero-order valence-electron chi connectivity index (χ0n) is 18.8. The second-order valence-electron chi connectivity index (χ2n) is 9.01. The molecule has 1 aliphatic heterocycles. The lowest BCUT2D eigenvalue weighted by Gasteiger charge is -2.33. The van der Waals surface area contributed by atoms with E-state index >= 15 is 0 Å². The standard InChI is InChI=1S/C25H31N3O4/c1-25(2,3)32-24(31)27-21(23(30)28-16-10-15-19(28)22(26)29)20(17-11-6-4-7-12-17)18-13-8-5-9-14-18/h4-9,11-14,19-21H,10,15-16H2,1-3H3,(H2,26,29)(H,27,31)/t19?,21-/m1/s1. The Morgan fingerprint density at radius 3 is 2.00 bits per heavy atom. The second kappa shape index (κ2) is 9.85. The average Bonchev–Trinajstić information content (AvgIpc) is 3.23. The van der Waals surface area contributed by atoms with Crippen molar-refractivity contribution < 1.29 is 19.1 Å². The van der Waals surface area contributed by atoms with Crippen LogP contribution in [0.2, 0.25) is 0 Å². The fourth-order valence-corrected chi connectivity index (χ4v) is 4.13. The molecule has 0 aromatic heterocycles. The highest BCUT2D eigenvalue weighted by Crippen LogP contribution is 2.31. The topological polar surface area (TPSA) is 102 Å². The third kappa shape index (κ3) is 5.66. The zero-order valence-corrected chi connectivity index (χ0v) is 18.8. The zero-order chi connectivity index (χ0) is 23.3. The van der Waals surface area contributed by atoms with E-state index in [4.69, 9.17) is 10.5 Å². The first-order valence-electron chi connectivity index (χ1n) is 10.9. The fraction of sp³-hybridized carbons (Fsp3) is 0.400. The molecule has 3 amide bonds. The van der Waals surface area contributed by atoms with Crippen LogP contribution < -0.4 is 11.1 Å². The molecular formula is C25H31N3O4. The van der Waals surface area contributed by atoms with Crippen LogP contribution in [0, 0.1) is 0 Å². The monoisotopic (exact) mass is 437 g/mol. The molecule has 1 fully saturated rings. The van der Waals surface area contributed by atoms with Crippen molar-refractivity contribution in [1.82, 2.24) is 10.2 Å². The van der Waals surface area contributed by atoms with Gasteiger partial charge in [-0.05, 0) is 44.7 Å². The summed E-state index contributed by atoms with van der Waals surface area (Å²) in [5.41, 5.74) is 6.57. The first-order chi connectivity index (χ1) is 15.2. The van der Waals surface area contributed by atoms with Gasteiger partial charge in [0, 0.05) is 12.5 Å². The minimum atomic E-state index is -0.977. The molecule has 0 radical (unpaired) electrons. The summed E-state index contributed by atoms with van der Waals surface area (Å²) >= 11 is 0. The highest BCUT2D eigenvalue weighted by Gasteiger charge is 2.41. The molecule has 1 saturated heterocycles. The van der Waals surface area contributed by atoms with Crippen LogP contribution in [0.4, 0.5) is 4.79 Å². The molecule has 2 atom stereocenters. The number of amides is 3. The highest BCUT2D eigenvalue weighted by atomic mass is 16.6. The maximum atomic E-state index is 13.8. The number of alkyl carbamates (subject to hydrolysis) is 1. The van der Waals surface area contributed by atoms with E-state index in [9.17, 15) is 14.4 Å². The quantitative estimate of drug-likeness (QED) is 0.725. The van der Waals surface area contributed by atoms with Gasteiger partial charge < -0.3 is 20.7 Å². The lowest BCUT2D eigenvalue weighted by atomic mass is 9.84. The van der Waals surface area contributed by atoms with Crippen LogP contribution in [0.1, 0.15) is 50.7 Å². The number of rotatable bonds is 6. The van der Waals surface area contributed by atoms with Crippen molar-refractivity contribution in [3.63, 3.8) is 0 Å². The summed E-state index contributed by atoms with van der Waals surface area (Å²) in [7, 11) is 0. The van der Waals surface area contributed by atoms with Crippen LogP contribution in [0.15, 0.2) is 60.7 Å². The van der Waals surface area contributed by atoms with Crippen molar-refractivity contribution in [3.05, 3.63) is 71.8 Å². The Bertz CT molecular complexity index is 901. The van der Waals surface area contributed by atoms with E-state index in [1.807, 2.05) is 60.7 Å². The molecule has 0 aliphatic carbocycles. The van der Waals surface area contributed by atoms with Gasteiger partial charge >= 0.3 is 6.09 Å². The number of carbonyl (C=O) groups excluding carboxylic acids is 3. The summed E-state index contributed by atoms with van der Waals surface area (Å²) in [4.78, 5) is 40.0. The summed E-state index contributed by atoms with van der Waals surface area (Å²) in [6, 6.07) is 17.4. The van der Waals surface area contributed by atoms with Crippen LogP contribution in [0.3, 0.4) is 0 Å². The molecule has 0 saturated carbocycles. The fourth-order valence-electron chi connectivity index (χ4n) is 4.13. The Labute approximate surface area is 188 Å². The summed E-state index contributed by atoms with van der Waals surface area (Å²) in [5, 5.41) is 2.80. The number of primary amides is 1. The number of nitrogens with two attached hydrogens (primary N) is 1. The first kappa shape index (κ1) is 23.3. The third-order valence-electron chi connectivity index (χ3n) is 5.45. The molecule has 1 heterocycles. The number of nitrogens with zero attached hydrogens (tertiary/aromatic N) is 1. The predicted molar refractivity (Wildman–Crippen MR) is 122 cm³/mol. The number of hydrogen-bond donors (Lipinski definition) is 2. The van der Waals surface area contributed by atoms with Gasteiger partial charge in [-0.2, -0.15) is 0 Å². The van der Waals surface area contributed by atoms with Crippen molar-refractivity contribution >= 4 is 17.9 Å². The Hall–Kier alpha value is -3.35. The van der Waals surface area contributed by atoms with Crippen molar-refractivity contribution in [1.29, 1.82) is 0 Å². The van der Waals surface area contributed by atoms with E-state index in [1.54, 1.807) is 20.8 Å². The molecule has 3 N–H and O–H groups in total. The molecule has 0 spiro atoms. The number of ether oxygens (including phenoxy) is 1. The van der Waals surface area contributed by atoms with Gasteiger partial charge in [-0.3, -0.25) is 9.59 Å². The minimum absolute atomic E-state index is 0.352. The second-order valence-corrected chi connectivity index (χ2v) is 9.01. The predicted octanol–water partition coefficient (Wildman–Crippen LogP) is 3.19. The van der Waals surface area contributed by atoms with Crippen LogP contribution >= 0.6 is 0 Å². The molecule has 7 nitrogen and oxygen atoms in total. The molecule has 0 bridgehead atoms. The molecule has 170 valence electrons. The van der Waals surface area contributed by atoms with Gasteiger partial charge in [0.05, 0.1) is 0 Å². The van der Waals surface area contributed by atoms with E-state index in [0.29, 0.717) is 19.4 Å². The summed E-state index contributed by atoms with van der Waals surface area (Å²) in [6.07, 6.45) is 0.504. The van der Waals surface area contributed by atoms with Crippen molar-refractivity contribution in [2.75, 3.05) is 6.54 Å². The van der Waals surface area contributed by atoms with E-state index < -0.39 is 35.6 Å². The van der Waals surface area contributed by atoms with Crippen LogP contribution in [-0.4, -0.2) is 47.0 Å². The highest BCUT2D eigenvalue weighted by molar-refractivity contribution is 5.92. The van der Waals surface area contributed by atoms with Crippen LogP contribution in [0.5, 0.6) is 0 Å². The minimum Gasteiger partial charge on any atom is -0.444 e. The SMILES string of the molecule is CC(C)(C)OC(=O)N[C@@H](C(=O)N1CCCC1C(N)=O)C(c1ccccc1)c1ccccc1. The van der Waals surface area contributed by atoms with Gasteiger partial charge in [0.2, 0.25) is 11.8 Å². The Kier molecular flexibility index (Phi) is 7.18. The number of hydrogen-bond acceptors (Lipinski definition) is 4. The van der Waals surface area contributed by atoms with Gasteiger partial charge in [-0.25, -0.2) is 4.79 Å². The molecule has 1 unspecified atom stereocenters. The normalized spacial score (nSPS) is 17.1. The van der Waals surface area contributed by atoms with Crippen LogP contribution in [-0.2, 0) is 14.3 Å². The van der Waals surface area contributed by atoms with Gasteiger partial charge in [0.1, 0.15) is 17.7 Å². The van der Waals surface area contributed by atoms with Crippen molar-refractivity contribution in [2.24, 2.45) is 5.73 Å². The van der Waals surface area contributed by atoms with Gasteiger partial charge in [0.15, 0.2) is 0 Å². The van der Waals surface area contributed by atoms with Gasteiger partial charge in [-0.15, -0.1) is 0 Å². The van der Waals surface area contributed by atoms with E-state index in [2.05, 4.69) is 5.32 Å². The van der Waals surface area contributed by atoms with Crippen molar-refractivity contribution in [3.8, 4) is 0 Å². The Morgan fingerprint density at radius 1 is 1.00 bits per heavy atom. The van der Waals surface area contributed by atoms with Gasteiger partial charge in [0.25, 0.3) is 0 Å². The molecule has 3 rings (SSSR count). The maximum Gasteiger partial charge on any atom is 0.408 e. The van der Waals surface area contributed by atoms with Crippen molar-refractivity contribution in [2.45, 2.75) is 57.2 Å². The maximum absolute atomic E-state index is 13.8. The smallest absolute Gasteiger partial charge is 0.408 e. The summed E-state index contributed by atoms with van der Waals surface area (Å²) in [6.45, 7) is 5.70. The Morgan fingerprint density at radius 2 is 1.53 bits per heavy atom.